The van der Waals surface area contributed by atoms with Crippen molar-refractivity contribution in [1.82, 2.24) is 4.90 Å². The average molecular weight is 430 g/mol. The first-order valence-corrected chi connectivity index (χ1v) is 10.1. The minimum atomic E-state index is -0.737. The number of amides is 1. The van der Waals surface area contributed by atoms with Gasteiger partial charge < -0.3 is 19.5 Å². The molecule has 1 saturated heterocycles. The van der Waals surface area contributed by atoms with Crippen LogP contribution in [0.15, 0.2) is 54.1 Å². The molecule has 6 nitrogen and oxygen atoms in total. The second kappa shape index (κ2) is 9.78. The maximum absolute atomic E-state index is 12.9. The first-order chi connectivity index (χ1) is 14.5. The van der Waals surface area contributed by atoms with E-state index in [4.69, 9.17) is 21.1 Å². The second-order valence-electron chi connectivity index (χ2n) is 6.91. The van der Waals surface area contributed by atoms with E-state index in [1.54, 1.807) is 48.5 Å². The van der Waals surface area contributed by atoms with Gasteiger partial charge in [-0.05, 0) is 36.2 Å². The van der Waals surface area contributed by atoms with Crippen molar-refractivity contribution in [2.24, 2.45) is 0 Å². The summed E-state index contributed by atoms with van der Waals surface area (Å²) in [6, 6.07) is 13.0. The molecule has 1 heterocycles. The molecule has 1 fully saturated rings. The van der Waals surface area contributed by atoms with Crippen molar-refractivity contribution in [1.29, 1.82) is 0 Å². The normalized spacial score (nSPS) is 18.1. The van der Waals surface area contributed by atoms with Crippen molar-refractivity contribution in [2.75, 3.05) is 26.9 Å². The van der Waals surface area contributed by atoms with Gasteiger partial charge in [0.2, 0.25) is 0 Å². The Morgan fingerprint density at radius 3 is 2.50 bits per heavy atom. The quantitative estimate of drug-likeness (QED) is 0.386. The van der Waals surface area contributed by atoms with Crippen molar-refractivity contribution < 1.29 is 24.2 Å². The van der Waals surface area contributed by atoms with Crippen LogP contribution in [0.25, 0.3) is 5.76 Å². The van der Waals surface area contributed by atoms with E-state index in [2.05, 4.69) is 0 Å². The third kappa shape index (κ3) is 4.50. The fraction of sp³-hybridized carbons (Fsp3) is 0.304. The molecule has 0 saturated carbocycles. The Balaban J connectivity index is 2.08. The fourth-order valence-corrected chi connectivity index (χ4v) is 3.59. The van der Waals surface area contributed by atoms with Crippen LogP contribution in [-0.4, -0.2) is 48.6 Å². The molecule has 3 rings (SSSR count). The summed E-state index contributed by atoms with van der Waals surface area (Å²) in [6.07, 6.45) is 0.887. The first-order valence-electron chi connectivity index (χ1n) is 9.74. The van der Waals surface area contributed by atoms with Crippen molar-refractivity contribution in [3.05, 3.63) is 70.3 Å². The number of rotatable bonds is 8. The maximum atomic E-state index is 12.9. The number of likely N-dealkylation sites (tertiary alicyclic amines) is 1. The minimum absolute atomic E-state index is 0.0283. The highest BCUT2D eigenvalue weighted by molar-refractivity contribution is 6.46. The number of hydrogen-bond acceptors (Lipinski definition) is 5. The van der Waals surface area contributed by atoms with E-state index in [1.165, 1.54) is 12.0 Å². The van der Waals surface area contributed by atoms with Crippen molar-refractivity contribution >= 4 is 29.1 Å². The zero-order valence-electron chi connectivity index (χ0n) is 16.9. The molecule has 0 radical (unpaired) electrons. The Morgan fingerprint density at radius 1 is 1.13 bits per heavy atom. The highest BCUT2D eigenvalue weighted by atomic mass is 35.5. The molecule has 30 heavy (non-hydrogen) atoms. The lowest BCUT2D eigenvalue weighted by atomic mass is 9.95. The summed E-state index contributed by atoms with van der Waals surface area (Å²) in [5, 5.41) is 11.4. The van der Waals surface area contributed by atoms with Crippen LogP contribution in [0.3, 0.4) is 0 Å². The Kier molecular flexibility index (Phi) is 7.13. The van der Waals surface area contributed by atoms with Gasteiger partial charge in [0, 0.05) is 24.2 Å². The zero-order valence-corrected chi connectivity index (χ0v) is 17.7. The highest BCUT2D eigenvalue weighted by Crippen LogP contribution is 2.39. The first kappa shape index (κ1) is 21.9. The molecular formula is C23H24ClNO5. The van der Waals surface area contributed by atoms with E-state index in [9.17, 15) is 14.7 Å². The number of halogens is 1. The zero-order chi connectivity index (χ0) is 21.7. The number of ketones is 1. The summed E-state index contributed by atoms with van der Waals surface area (Å²) < 4.78 is 10.7. The van der Waals surface area contributed by atoms with Gasteiger partial charge in [-0.15, -0.1) is 0 Å². The smallest absolute Gasteiger partial charge is 0.295 e. The van der Waals surface area contributed by atoms with Gasteiger partial charge in [-0.1, -0.05) is 42.8 Å². The third-order valence-electron chi connectivity index (χ3n) is 4.84. The number of nitrogens with zero attached hydrogens (tertiary/aromatic N) is 1. The standard InChI is InChI=1S/C23H24ClNO5/c1-3-12-30-18-9-7-15(8-10-18)20-19(21(26)16-5-4-6-17(24)14-16)22(27)23(28)25(20)11-13-29-2/h4-10,14,20,26H,3,11-13H2,1-2H3/b21-19-. The van der Waals surface area contributed by atoms with Gasteiger partial charge in [0.1, 0.15) is 11.5 Å². The molecule has 2 aromatic carbocycles. The van der Waals surface area contributed by atoms with E-state index in [1.807, 2.05) is 6.92 Å². The SMILES string of the molecule is CCCOc1ccc(C2/C(=C(/O)c3cccc(Cl)c3)C(=O)C(=O)N2CCOC)cc1. The number of carbonyl (C=O) groups is 2. The molecule has 1 amide bonds. The second-order valence-corrected chi connectivity index (χ2v) is 7.35. The molecule has 0 bridgehead atoms. The highest BCUT2D eigenvalue weighted by Gasteiger charge is 2.45. The summed E-state index contributed by atoms with van der Waals surface area (Å²) >= 11 is 6.04. The van der Waals surface area contributed by atoms with Crippen molar-refractivity contribution in [3.8, 4) is 5.75 Å². The summed E-state index contributed by atoms with van der Waals surface area (Å²) in [4.78, 5) is 27.0. The van der Waals surface area contributed by atoms with Gasteiger partial charge in [0.25, 0.3) is 11.7 Å². The Hall–Kier alpha value is -2.83. The van der Waals surface area contributed by atoms with Crippen LogP contribution in [0.1, 0.15) is 30.5 Å². The lowest BCUT2D eigenvalue weighted by molar-refractivity contribution is -0.140. The predicted molar refractivity (Wildman–Crippen MR) is 115 cm³/mol. The van der Waals surface area contributed by atoms with Crippen LogP contribution in [-0.2, 0) is 14.3 Å². The van der Waals surface area contributed by atoms with Gasteiger partial charge >= 0.3 is 0 Å². The molecule has 2 aromatic rings. The van der Waals surface area contributed by atoms with E-state index < -0.39 is 17.7 Å². The van der Waals surface area contributed by atoms with Gasteiger partial charge in [-0.25, -0.2) is 0 Å². The molecule has 0 spiro atoms. The lowest BCUT2D eigenvalue weighted by Crippen LogP contribution is -2.32. The molecular weight excluding hydrogens is 406 g/mol. The van der Waals surface area contributed by atoms with Crippen LogP contribution in [0.5, 0.6) is 5.75 Å². The summed E-state index contributed by atoms with van der Waals surface area (Å²) in [6.45, 7) is 3.10. The molecule has 7 heteroatoms. The molecule has 1 aliphatic rings. The number of ether oxygens (including phenoxy) is 2. The van der Waals surface area contributed by atoms with Gasteiger partial charge in [-0.2, -0.15) is 0 Å². The van der Waals surface area contributed by atoms with Crippen LogP contribution >= 0.6 is 11.6 Å². The van der Waals surface area contributed by atoms with Crippen LogP contribution < -0.4 is 4.74 Å². The monoisotopic (exact) mass is 429 g/mol. The molecule has 1 atom stereocenters. The van der Waals surface area contributed by atoms with E-state index in [-0.39, 0.29) is 24.5 Å². The van der Waals surface area contributed by atoms with Gasteiger partial charge in [-0.3, -0.25) is 9.59 Å². The Morgan fingerprint density at radius 2 is 1.87 bits per heavy atom. The van der Waals surface area contributed by atoms with Crippen LogP contribution in [0.2, 0.25) is 5.02 Å². The number of methoxy groups -OCH3 is 1. The van der Waals surface area contributed by atoms with Crippen LogP contribution in [0.4, 0.5) is 0 Å². The number of Topliss-reactive ketones (excluding diaryl/α,β-unsaturated/α-hetero) is 1. The fourth-order valence-electron chi connectivity index (χ4n) is 3.40. The summed E-state index contributed by atoms with van der Waals surface area (Å²) in [5.74, 6) is -0.969. The molecule has 1 unspecified atom stereocenters. The molecule has 158 valence electrons. The molecule has 0 aliphatic carbocycles. The average Bonchev–Trinajstić information content (AvgIpc) is 3.00. The van der Waals surface area contributed by atoms with E-state index >= 15 is 0 Å². The van der Waals surface area contributed by atoms with Crippen molar-refractivity contribution in [3.63, 3.8) is 0 Å². The van der Waals surface area contributed by atoms with Gasteiger partial charge in [0.15, 0.2) is 0 Å². The van der Waals surface area contributed by atoms with E-state index in [0.717, 1.165) is 6.42 Å². The summed E-state index contributed by atoms with van der Waals surface area (Å²) in [5.41, 5.74) is 1.10. The number of hydrogen-bond donors (Lipinski definition) is 1. The number of carbonyl (C=O) groups excluding carboxylic acids is 2. The maximum Gasteiger partial charge on any atom is 0.295 e. The minimum Gasteiger partial charge on any atom is -0.507 e. The largest absolute Gasteiger partial charge is 0.507 e. The third-order valence-corrected chi connectivity index (χ3v) is 5.08. The lowest BCUT2D eigenvalue weighted by Gasteiger charge is -2.25. The summed E-state index contributed by atoms with van der Waals surface area (Å²) in [7, 11) is 1.53. The van der Waals surface area contributed by atoms with Crippen molar-refractivity contribution in [2.45, 2.75) is 19.4 Å². The van der Waals surface area contributed by atoms with E-state index in [0.29, 0.717) is 28.5 Å². The Bertz CT molecular complexity index is 954. The number of benzene rings is 2. The topological polar surface area (TPSA) is 76.1 Å². The van der Waals surface area contributed by atoms with Crippen LogP contribution in [0, 0.1) is 0 Å². The number of aliphatic hydroxyl groups excluding tert-OH is 1. The molecule has 1 aliphatic heterocycles. The molecule has 0 aromatic heterocycles. The molecule has 1 N–H and O–H groups in total. The predicted octanol–water partition coefficient (Wildman–Crippen LogP) is 4.20. The Labute approximate surface area is 180 Å². The van der Waals surface area contributed by atoms with Gasteiger partial charge in [0.05, 0.1) is 24.8 Å². The number of aliphatic hydroxyl groups is 1.